The van der Waals surface area contributed by atoms with E-state index in [-0.39, 0.29) is 23.1 Å². The number of halogens is 2. The predicted molar refractivity (Wildman–Crippen MR) is 79.4 cm³/mol. The molecule has 0 fully saturated rings. The molecule has 0 radical (unpaired) electrons. The lowest BCUT2D eigenvalue weighted by Gasteiger charge is -2.22. The third kappa shape index (κ3) is 3.26. The molecule has 1 aromatic carbocycles. The topological polar surface area (TPSA) is 45.1 Å². The Balaban J connectivity index is 2.42. The van der Waals surface area contributed by atoms with E-state index in [1.807, 2.05) is 0 Å². The van der Waals surface area contributed by atoms with Crippen molar-refractivity contribution in [3.05, 3.63) is 23.0 Å². The van der Waals surface area contributed by atoms with Gasteiger partial charge < -0.3 is 9.64 Å². The lowest BCUT2D eigenvalue weighted by Crippen LogP contribution is -2.37. The van der Waals surface area contributed by atoms with Crippen molar-refractivity contribution in [3.8, 4) is 18.1 Å². The van der Waals surface area contributed by atoms with Crippen molar-refractivity contribution >= 4 is 29.5 Å². The Bertz CT molecular complexity index is 627. The average Bonchev–Trinajstić information content (AvgIpc) is 2.61. The summed E-state index contributed by atoms with van der Waals surface area (Å²) in [5.41, 5.74) is -0.0404. The molecule has 2 amide bonds. The third-order valence-electron chi connectivity index (χ3n) is 2.84. The van der Waals surface area contributed by atoms with Gasteiger partial charge in [0.2, 0.25) is 0 Å². The highest BCUT2D eigenvalue weighted by Crippen LogP contribution is 2.33. The maximum absolute atomic E-state index is 14.1. The van der Waals surface area contributed by atoms with E-state index in [4.69, 9.17) is 22.8 Å². The second kappa shape index (κ2) is 6.46. The summed E-state index contributed by atoms with van der Waals surface area (Å²) in [7, 11) is 1.62. The van der Waals surface area contributed by atoms with Gasteiger partial charge in [-0.25, -0.2) is 9.18 Å². The van der Waals surface area contributed by atoms with E-state index in [9.17, 15) is 9.18 Å². The van der Waals surface area contributed by atoms with Crippen molar-refractivity contribution in [2.45, 2.75) is 6.42 Å². The van der Waals surface area contributed by atoms with Gasteiger partial charge in [-0.2, -0.15) is 10.1 Å². The van der Waals surface area contributed by atoms with Crippen LogP contribution in [0.25, 0.3) is 0 Å². The Morgan fingerprint density at radius 3 is 3.05 bits per heavy atom. The van der Waals surface area contributed by atoms with E-state index in [0.29, 0.717) is 13.0 Å². The molecule has 0 spiro atoms. The van der Waals surface area contributed by atoms with Crippen LogP contribution < -0.4 is 9.75 Å². The Kier molecular flexibility index (Phi) is 4.66. The van der Waals surface area contributed by atoms with Crippen LogP contribution in [0.1, 0.15) is 6.42 Å². The highest BCUT2D eigenvalue weighted by molar-refractivity contribution is 6.32. The van der Waals surface area contributed by atoms with Crippen LogP contribution in [0, 0.1) is 18.2 Å². The molecule has 1 aromatic rings. The van der Waals surface area contributed by atoms with Crippen molar-refractivity contribution in [2.24, 2.45) is 5.10 Å². The van der Waals surface area contributed by atoms with Crippen molar-refractivity contribution in [2.75, 3.05) is 25.2 Å². The van der Waals surface area contributed by atoms with E-state index >= 15 is 0 Å². The van der Waals surface area contributed by atoms with E-state index in [1.54, 1.807) is 13.3 Å². The molecule has 2 rings (SSSR count). The standard InChI is InChI=1S/C14H13ClFN3O2/c1-3-7-21-13-9-12(11(16)8-10(13)15)19-14(20)18(2)6-4-5-17-19/h1,5,8-9H,4,6-7H2,2H3. The maximum Gasteiger partial charge on any atom is 0.345 e. The number of anilines is 1. The summed E-state index contributed by atoms with van der Waals surface area (Å²) < 4.78 is 19.3. The van der Waals surface area contributed by atoms with Crippen molar-refractivity contribution in [1.29, 1.82) is 0 Å². The SMILES string of the molecule is C#CCOc1cc(N2N=CCCN(C)C2=O)c(F)cc1Cl. The van der Waals surface area contributed by atoms with Crippen molar-refractivity contribution in [1.82, 2.24) is 4.90 Å². The molecule has 7 heteroatoms. The molecule has 21 heavy (non-hydrogen) atoms. The normalized spacial score (nSPS) is 14.9. The first-order valence-electron chi connectivity index (χ1n) is 6.17. The fraction of sp³-hybridized carbons (Fsp3) is 0.286. The van der Waals surface area contributed by atoms with Crippen molar-refractivity contribution < 1.29 is 13.9 Å². The van der Waals surface area contributed by atoms with Crippen LogP contribution in [0.5, 0.6) is 5.75 Å². The minimum atomic E-state index is -0.672. The first-order chi connectivity index (χ1) is 10.0. The number of hydrazone groups is 1. The van der Waals surface area contributed by atoms with Gasteiger partial charge in [-0.1, -0.05) is 17.5 Å². The molecule has 0 saturated heterocycles. The summed E-state index contributed by atoms with van der Waals surface area (Å²) >= 11 is 5.89. The minimum Gasteiger partial charge on any atom is -0.479 e. The zero-order chi connectivity index (χ0) is 15.4. The monoisotopic (exact) mass is 309 g/mol. The van der Waals surface area contributed by atoms with Gasteiger partial charge in [0, 0.05) is 32.3 Å². The Labute approximate surface area is 126 Å². The second-order valence-corrected chi connectivity index (χ2v) is 4.74. The van der Waals surface area contributed by atoms with Gasteiger partial charge in [-0.15, -0.1) is 6.42 Å². The molecule has 110 valence electrons. The fourth-order valence-electron chi connectivity index (χ4n) is 1.77. The molecular weight excluding hydrogens is 297 g/mol. The Morgan fingerprint density at radius 2 is 2.33 bits per heavy atom. The fourth-order valence-corrected chi connectivity index (χ4v) is 1.98. The smallest absolute Gasteiger partial charge is 0.345 e. The zero-order valence-corrected chi connectivity index (χ0v) is 12.1. The largest absolute Gasteiger partial charge is 0.479 e. The molecule has 0 aliphatic carbocycles. The van der Waals surface area contributed by atoms with Gasteiger partial charge in [0.15, 0.2) is 5.82 Å². The van der Waals surface area contributed by atoms with Crippen LogP contribution in [-0.4, -0.2) is 37.3 Å². The van der Waals surface area contributed by atoms with E-state index in [1.165, 1.54) is 11.0 Å². The van der Waals surface area contributed by atoms with Gasteiger partial charge in [0.25, 0.3) is 0 Å². The number of amides is 2. The van der Waals surface area contributed by atoms with E-state index in [0.717, 1.165) is 11.1 Å². The number of nitrogens with zero attached hydrogens (tertiary/aromatic N) is 3. The first kappa shape index (κ1) is 15.1. The summed E-state index contributed by atoms with van der Waals surface area (Å²) in [4.78, 5) is 13.6. The molecular formula is C14H13ClFN3O2. The number of terminal acetylenes is 1. The van der Waals surface area contributed by atoms with Crippen LogP contribution in [0.2, 0.25) is 5.02 Å². The lowest BCUT2D eigenvalue weighted by molar-refractivity contribution is 0.218. The molecule has 0 unspecified atom stereocenters. The summed E-state index contributed by atoms with van der Waals surface area (Å²) in [6.07, 6.45) is 7.26. The molecule has 0 N–H and O–H groups in total. The van der Waals surface area contributed by atoms with Gasteiger partial charge in [0.1, 0.15) is 18.0 Å². The number of rotatable bonds is 3. The molecule has 0 atom stereocenters. The number of carbonyl (C=O) groups is 1. The van der Waals surface area contributed by atoms with Crippen LogP contribution in [0.15, 0.2) is 17.2 Å². The number of ether oxygens (including phenoxy) is 1. The van der Waals surface area contributed by atoms with Gasteiger partial charge in [-0.3, -0.25) is 0 Å². The second-order valence-electron chi connectivity index (χ2n) is 4.33. The molecule has 5 nitrogen and oxygen atoms in total. The third-order valence-corrected chi connectivity index (χ3v) is 3.13. The number of hydrogen-bond acceptors (Lipinski definition) is 3. The molecule has 1 aliphatic rings. The molecule has 0 saturated carbocycles. The number of carbonyl (C=O) groups excluding carboxylic acids is 1. The Morgan fingerprint density at radius 1 is 1.57 bits per heavy atom. The summed E-state index contributed by atoms with van der Waals surface area (Å²) in [6, 6.07) is 1.94. The summed E-state index contributed by atoms with van der Waals surface area (Å²) in [5.74, 6) is 1.81. The molecule has 0 aromatic heterocycles. The number of urea groups is 1. The van der Waals surface area contributed by atoms with Gasteiger partial charge in [0.05, 0.1) is 5.02 Å². The van der Waals surface area contributed by atoms with Crippen LogP contribution in [0.4, 0.5) is 14.9 Å². The van der Waals surface area contributed by atoms with E-state index in [2.05, 4.69) is 11.0 Å². The van der Waals surface area contributed by atoms with Gasteiger partial charge in [-0.05, 0) is 6.07 Å². The summed E-state index contributed by atoms with van der Waals surface area (Å²) in [5, 5.41) is 5.02. The molecule has 1 heterocycles. The zero-order valence-electron chi connectivity index (χ0n) is 11.3. The lowest BCUT2D eigenvalue weighted by atomic mass is 10.2. The van der Waals surface area contributed by atoms with Gasteiger partial charge >= 0.3 is 6.03 Å². The summed E-state index contributed by atoms with van der Waals surface area (Å²) in [6.45, 7) is 0.496. The maximum atomic E-state index is 14.1. The molecule has 1 aliphatic heterocycles. The highest BCUT2D eigenvalue weighted by atomic mass is 35.5. The van der Waals surface area contributed by atoms with E-state index < -0.39 is 11.8 Å². The average molecular weight is 310 g/mol. The van der Waals surface area contributed by atoms with Crippen LogP contribution >= 0.6 is 11.6 Å². The predicted octanol–water partition coefficient (Wildman–Crippen LogP) is 2.74. The minimum absolute atomic E-state index is 0.0120. The number of hydrogen-bond donors (Lipinski definition) is 0. The molecule has 0 bridgehead atoms. The Hall–Kier alpha value is -2.26. The van der Waals surface area contributed by atoms with Crippen LogP contribution in [-0.2, 0) is 0 Å². The van der Waals surface area contributed by atoms with Crippen molar-refractivity contribution in [3.63, 3.8) is 0 Å². The number of benzene rings is 1. The quantitative estimate of drug-likeness (QED) is 0.806. The van der Waals surface area contributed by atoms with Crippen LogP contribution in [0.3, 0.4) is 0 Å². The highest BCUT2D eigenvalue weighted by Gasteiger charge is 2.25. The first-order valence-corrected chi connectivity index (χ1v) is 6.55.